The first-order valence-corrected chi connectivity index (χ1v) is 9.96. The van der Waals surface area contributed by atoms with E-state index in [0.717, 1.165) is 37.7 Å². The van der Waals surface area contributed by atoms with Gasteiger partial charge in [-0.2, -0.15) is 0 Å². The van der Waals surface area contributed by atoms with E-state index in [-0.39, 0.29) is 22.7 Å². The molecule has 23 heavy (non-hydrogen) atoms. The zero-order valence-corrected chi connectivity index (χ0v) is 14.8. The fraction of sp³-hybridized carbons (Fsp3) is 1.00. The smallest absolute Gasteiger partial charge is 0.0786 e. The predicted molar refractivity (Wildman–Crippen MR) is 89.8 cm³/mol. The van der Waals surface area contributed by atoms with Gasteiger partial charge < -0.3 is 15.6 Å². The number of hydrogen-bond acceptors (Lipinski definition) is 3. The van der Waals surface area contributed by atoms with E-state index in [4.69, 9.17) is 10.5 Å². The summed E-state index contributed by atoms with van der Waals surface area (Å²) in [5.41, 5.74) is 7.44. The van der Waals surface area contributed by atoms with Gasteiger partial charge in [-0.25, -0.2) is 0 Å². The molecule has 5 rings (SSSR count). The summed E-state index contributed by atoms with van der Waals surface area (Å²) in [7, 11) is 0. The lowest BCUT2D eigenvalue weighted by molar-refractivity contribution is -0.197. The van der Waals surface area contributed by atoms with Crippen molar-refractivity contribution in [2.45, 2.75) is 88.9 Å². The molecule has 5 aliphatic rings. The maximum absolute atomic E-state index is 10.1. The van der Waals surface area contributed by atoms with Gasteiger partial charge in [0, 0.05) is 11.0 Å². The van der Waals surface area contributed by atoms with Crippen LogP contribution < -0.4 is 5.73 Å². The molecule has 4 aliphatic carbocycles. The molecule has 0 radical (unpaired) electrons. The van der Waals surface area contributed by atoms with Crippen LogP contribution in [0.25, 0.3) is 0 Å². The van der Waals surface area contributed by atoms with E-state index in [1.807, 2.05) is 0 Å². The van der Waals surface area contributed by atoms with Gasteiger partial charge in [0.2, 0.25) is 0 Å². The van der Waals surface area contributed by atoms with E-state index in [9.17, 15) is 5.11 Å². The summed E-state index contributed by atoms with van der Waals surface area (Å²) in [5.74, 6) is 2.20. The van der Waals surface area contributed by atoms with Gasteiger partial charge in [-0.15, -0.1) is 0 Å². The summed E-state index contributed by atoms with van der Waals surface area (Å²) < 4.78 is 6.59. The second-order valence-corrected chi connectivity index (χ2v) is 10.1. The number of fused-ring (bicyclic) bond motifs is 3. The van der Waals surface area contributed by atoms with Gasteiger partial charge in [0.05, 0.1) is 18.3 Å². The van der Waals surface area contributed by atoms with E-state index in [0.29, 0.717) is 11.3 Å². The molecule has 0 aromatic heterocycles. The van der Waals surface area contributed by atoms with Crippen molar-refractivity contribution in [3.05, 3.63) is 0 Å². The Bertz CT molecular complexity index is 526. The van der Waals surface area contributed by atoms with Crippen LogP contribution in [0.5, 0.6) is 0 Å². The molecule has 130 valence electrons. The van der Waals surface area contributed by atoms with Crippen LogP contribution in [0, 0.1) is 28.6 Å². The minimum atomic E-state index is -0.0710. The molecule has 0 aromatic carbocycles. The molecule has 0 unspecified atom stereocenters. The lowest BCUT2D eigenvalue weighted by Crippen LogP contribution is -2.63. The minimum Gasteiger partial charge on any atom is -0.393 e. The average molecular weight is 319 g/mol. The Morgan fingerprint density at radius 2 is 1.78 bits per heavy atom. The first-order valence-electron chi connectivity index (χ1n) is 9.96. The molecule has 0 spiro atoms. The Hall–Kier alpha value is -0.120. The SMILES string of the molecule is C[C@]12CC[C@H](O)C[C@H]1CC[C@@H]1[C@@H]2CC[C@]2(C)[C@]3(N)CC[C@]12OC3. The molecule has 3 nitrogen and oxygen atoms in total. The molecule has 1 saturated heterocycles. The number of ether oxygens (including phenoxy) is 1. The van der Waals surface area contributed by atoms with Gasteiger partial charge in [-0.05, 0) is 81.0 Å². The molecule has 8 atom stereocenters. The molecule has 0 amide bonds. The van der Waals surface area contributed by atoms with Crippen LogP contribution >= 0.6 is 0 Å². The Kier molecular flexibility index (Phi) is 2.86. The fourth-order valence-electron chi connectivity index (χ4n) is 8.17. The Morgan fingerprint density at radius 1 is 0.957 bits per heavy atom. The standard InChI is InChI=1S/C20H33NO2/c1-17-7-5-14(22)11-13(17)3-4-16-15(17)6-8-18(2)19(21)9-10-20(16,18)23-12-19/h13-16,22H,3-12,21H2,1-2H3/t13-,14+,15+,16-,17+,18-,19+,20+/m1/s1. The Labute approximate surface area is 140 Å². The highest BCUT2D eigenvalue weighted by molar-refractivity contribution is 5.27. The minimum absolute atomic E-state index is 0.0532. The van der Waals surface area contributed by atoms with Gasteiger partial charge >= 0.3 is 0 Å². The highest BCUT2D eigenvalue weighted by Gasteiger charge is 2.75. The second kappa shape index (κ2) is 4.34. The van der Waals surface area contributed by atoms with Gasteiger partial charge in [0.1, 0.15) is 0 Å². The van der Waals surface area contributed by atoms with Crippen molar-refractivity contribution in [1.82, 2.24) is 0 Å². The van der Waals surface area contributed by atoms with Crippen molar-refractivity contribution in [3.8, 4) is 0 Å². The molecule has 0 aromatic rings. The molecular formula is C20H33NO2. The lowest BCUT2D eigenvalue weighted by atomic mass is 9.43. The molecule has 5 fully saturated rings. The van der Waals surface area contributed by atoms with Crippen LogP contribution in [-0.4, -0.2) is 29.0 Å². The molecule has 4 saturated carbocycles. The van der Waals surface area contributed by atoms with Crippen molar-refractivity contribution >= 4 is 0 Å². The number of nitrogens with two attached hydrogens (primary N) is 1. The maximum Gasteiger partial charge on any atom is 0.0786 e. The topological polar surface area (TPSA) is 55.5 Å². The summed E-state index contributed by atoms with van der Waals surface area (Å²) >= 11 is 0. The van der Waals surface area contributed by atoms with Crippen LogP contribution in [0.3, 0.4) is 0 Å². The van der Waals surface area contributed by atoms with Crippen LogP contribution in [0.15, 0.2) is 0 Å². The summed E-state index contributed by atoms with van der Waals surface area (Å²) in [6, 6.07) is 0. The van der Waals surface area contributed by atoms with Crippen molar-refractivity contribution in [1.29, 1.82) is 0 Å². The van der Waals surface area contributed by atoms with Crippen LogP contribution in [-0.2, 0) is 4.74 Å². The van der Waals surface area contributed by atoms with E-state index in [1.165, 1.54) is 38.5 Å². The number of hydrogen-bond donors (Lipinski definition) is 2. The third-order valence-corrected chi connectivity index (χ3v) is 9.78. The summed E-state index contributed by atoms with van der Waals surface area (Å²) in [4.78, 5) is 0. The third-order valence-electron chi connectivity index (χ3n) is 9.78. The summed E-state index contributed by atoms with van der Waals surface area (Å²) in [5, 5.41) is 10.1. The first kappa shape index (κ1) is 15.2. The fourth-order valence-corrected chi connectivity index (χ4v) is 8.17. The molecule has 1 aliphatic heterocycles. The summed E-state index contributed by atoms with van der Waals surface area (Å²) in [6.07, 6.45) is 10.7. The zero-order valence-electron chi connectivity index (χ0n) is 14.8. The van der Waals surface area contributed by atoms with Crippen LogP contribution in [0.1, 0.15) is 71.6 Å². The van der Waals surface area contributed by atoms with Gasteiger partial charge in [-0.1, -0.05) is 13.8 Å². The Balaban J connectivity index is 1.54. The highest BCUT2D eigenvalue weighted by atomic mass is 16.5. The number of aliphatic hydroxyl groups excluding tert-OH is 1. The lowest BCUT2D eigenvalue weighted by Gasteiger charge is -2.63. The van der Waals surface area contributed by atoms with Gasteiger partial charge in [0.15, 0.2) is 0 Å². The van der Waals surface area contributed by atoms with E-state index < -0.39 is 0 Å². The third kappa shape index (κ3) is 1.54. The summed E-state index contributed by atoms with van der Waals surface area (Å²) in [6.45, 7) is 5.77. The maximum atomic E-state index is 10.1. The van der Waals surface area contributed by atoms with E-state index >= 15 is 0 Å². The first-order chi connectivity index (χ1) is 10.8. The van der Waals surface area contributed by atoms with Crippen molar-refractivity contribution in [3.63, 3.8) is 0 Å². The van der Waals surface area contributed by atoms with Crippen molar-refractivity contribution < 1.29 is 9.84 Å². The second-order valence-electron chi connectivity index (χ2n) is 10.1. The average Bonchev–Trinajstić information content (AvgIpc) is 2.90. The highest BCUT2D eigenvalue weighted by Crippen LogP contribution is 2.73. The predicted octanol–water partition coefficient (Wildman–Crippen LogP) is 3.24. The quantitative estimate of drug-likeness (QED) is 0.720. The molecule has 3 N–H and O–H groups in total. The molecule has 2 bridgehead atoms. The Morgan fingerprint density at radius 3 is 2.52 bits per heavy atom. The zero-order chi connectivity index (χ0) is 16.1. The van der Waals surface area contributed by atoms with Crippen molar-refractivity contribution in [2.24, 2.45) is 34.3 Å². The van der Waals surface area contributed by atoms with Crippen LogP contribution in [0.4, 0.5) is 0 Å². The number of aliphatic hydroxyl groups is 1. The monoisotopic (exact) mass is 319 g/mol. The van der Waals surface area contributed by atoms with Gasteiger partial charge in [0.25, 0.3) is 0 Å². The van der Waals surface area contributed by atoms with E-state index in [2.05, 4.69) is 13.8 Å². The normalized spacial score (nSPS) is 64.2. The largest absolute Gasteiger partial charge is 0.393 e. The molecule has 1 heterocycles. The molecular weight excluding hydrogens is 286 g/mol. The van der Waals surface area contributed by atoms with Gasteiger partial charge in [-0.3, -0.25) is 0 Å². The van der Waals surface area contributed by atoms with Crippen molar-refractivity contribution in [2.75, 3.05) is 6.61 Å². The van der Waals surface area contributed by atoms with E-state index in [1.54, 1.807) is 0 Å². The molecule has 3 heteroatoms. The number of rotatable bonds is 0. The van der Waals surface area contributed by atoms with Crippen LogP contribution in [0.2, 0.25) is 0 Å².